The molecule has 2 aromatic rings. The van der Waals surface area contributed by atoms with Crippen LogP contribution < -0.4 is 4.74 Å². The van der Waals surface area contributed by atoms with Crippen LogP contribution >= 0.6 is 0 Å². The van der Waals surface area contributed by atoms with Crippen LogP contribution in [0, 0.1) is 11.7 Å². The van der Waals surface area contributed by atoms with E-state index >= 15 is 0 Å². The molecule has 0 bridgehead atoms. The maximum Gasteiger partial charge on any atom is 0.123 e. The quantitative estimate of drug-likeness (QED) is 0.899. The van der Waals surface area contributed by atoms with Crippen molar-refractivity contribution in [3.63, 3.8) is 0 Å². The van der Waals surface area contributed by atoms with E-state index in [1.165, 1.54) is 17.7 Å². The van der Waals surface area contributed by atoms with Crippen molar-refractivity contribution in [2.75, 3.05) is 20.2 Å². The van der Waals surface area contributed by atoms with Gasteiger partial charge in [-0.1, -0.05) is 30.3 Å². The minimum absolute atomic E-state index is 0.142. The van der Waals surface area contributed by atoms with Crippen molar-refractivity contribution in [2.24, 2.45) is 5.92 Å². The number of halogens is 1. The Hall–Kier alpha value is -1.91. The van der Waals surface area contributed by atoms with Gasteiger partial charge in [0.05, 0.1) is 12.7 Å². The largest absolute Gasteiger partial charge is 0.496 e. The van der Waals surface area contributed by atoms with E-state index < -0.39 is 5.60 Å². The molecular weight excluding hydrogens is 317 g/mol. The predicted octanol–water partition coefficient (Wildman–Crippen LogP) is 3.65. The van der Waals surface area contributed by atoms with E-state index in [0.717, 1.165) is 25.1 Å². The second-order valence-corrected chi connectivity index (χ2v) is 7.19. The molecule has 0 aromatic heterocycles. The summed E-state index contributed by atoms with van der Waals surface area (Å²) in [4.78, 5) is 2.28. The van der Waals surface area contributed by atoms with Gasteiger partial charge >= 0.3 is 0 Å². The van der Waals surface area contributed by atoms with Gasteiger partial charge in [0, 0.05) is 31.1 Å². The van der Waals surface area contributed by atoms with Gasteiger partial charge in [-0.05, 0) is 43.5 Å². The van der Waals surface area contributed by atoms with Crippen molar-refractivity contribution in [2.45, 2.75) is 31.9 Å². The van der Waals surface area contributed by atoms with Crippen molar-refractivity contribution in [1.29, 1.82) is 0 Å². The van der Waals surface area contributed by atoms with Gasteiger partial charge in [-0.2, -0.15) is 0 Å². The molecule has 3 nitrogen and oxygen atoms in total. The van der Waals surface area contributed by atoms with Crippen molar-refractivity contribution < 1.29 is 14.2 Å². The summed E-state index contributed by atoms with van der Waals surface area (Å²) >= 11 is 0. The highest BCUT2D eigenvalue weighted by atomic mass is 19.1. The third-order valence-electron chi connectivity index (χ3n) is 5.25. The number of rotatable bonds is 5. The van der Waals surface area contributed by atoms with Crippen LogP contribution in [0.25, 0.3) is 0 Å². The number of ether oxygens (including phenoxy) is 1. The van der Waals surface area contributed by atoms with Crippen LogP contribution in [0.3, 0.4) is 0 Å². The van der Waals surface area contributed by atoms with Crippen LogP contribution in [-0.2, 0) is 13.0 Å². The van der Waals surface area contributed by atoms with Gasteiger partial charge in [0.1, 0.15) is 11.6 Å². The van der Waals surface area contributed by atoms with Crippen LogP contribution in [0.5, 0.6) is 5.75 Å². The second-order valence-electron chi connectivity index (χ2n) is 7.19. The van der Waals surface area contributed by atoms with Gasteiger partial charge in [0.25, 0.3) is 0 Å². The molecule has 0 unspecified atom stereocenters. The lowest BCUT2D eigenvalue weighted by Crippen LogP contribution is -2.50. The summed E-state index contributed by atoms with van der Waals surface area (Å²) in [6, 6.07) is 14.9. The molecule has 0 radical (unpaired) electrons. The van der Waals surface area contributed by atoms with Gasteiger partial charge in [-0.3, -0.25) is 4.90 Å². The Balaban J connectivity index is 1.73. The molecule has 134 valence electrons. The first-order valence-electron chi connectivity index (χ1n) is 8.79. The monoisotopic (exact) mass is 343 g/mol. The van der Waals surface area contributed by atoms with E-state index in [-0.39, 0.29) is 11.7 Å². The summed E-state index contributed by atoms with van der Waals surface area (Å²) in [7, 11) is 1.61. The van der Waals surface area contributed by atoms with Crippen LogP contribution in [0.4, 0.5) is 4.39 Å². The molecule has 1 N–H and O–H groups in total. The molecule has 1 heterocycles. The van der Waals surface area contributed by atoms with Crippen molar-refractivity contribution in [3.05, 3.63) is 65.5 Å². The van der Waals surface area contributed by atoms with Crippen LogP contribution in [0.1, 0.15) is 24.5 Å². The highest BCUT2D eigenvalue weighted by Gasteiger charge is 2.37. The fourth-order valence-electron chi connectivity index (χ4n) is 3.63. The number of methoxy groups -OCH3 is 1. The van der Waals surface area contributed by atoms with E-state index in [9.17, 15) is 9.50 Å². The summed E-state index contributed by atoms with van der Waals surface area (Å²) in [5.41, 5.74) is 1.40. The Morgan fingerprint density at radius 1 is 1.24 bits per heavy atom. The molecule has 1 aliphatic rings. The first kappa shape index (κ1) is 17.9. The smallest absolute Gasteiger partial charge is 0.123 e. The van der Waals surface area contributed by atoms with Crippen LogP contribution in [0.15, 0.2) is 48.5 Å². The summed E-state index contributed by atoms with van der Waals surface area (Å²) in [5.74, 6) is 0.599. The second kappa shape index (κ2) is 7.54. The average Bonchev–Trinajstić information content (AvgIpc) is 2.59. The minimum Gasteiger partial charge on any atom is -0.496 e. The fraction of sp³-hybridized carbons (Fsp3) is 0.429. The Labute approximate surface area is 149 Å². The molecule has 0 saturated carbocycles. The molecule has 0 spiro atoms. The number of aliphatic hydroxyl groups is 1. The molecule has 2 aromatic carbocycles. The highest BCUT2D eigenvalue weighted by Crippen LogP contribution is 2.32. The lowest BCUT2D eigenvalue weighted by molar-refractivity contribution is -0.0594. The lowest BCUT2D eigenvalue weighted by Gasteiger charge is -2.43. The summed E-state index contributed by atoms with van der Waals surface area (Å²) in [5, 5.41) is 10.8. The number of hydrogen-bond donors (Lipinski definition) is 1. The zero-order chi connectivity index (χ0) is 17.9. The van der Waals surface area contributed by atoms with E-state index in [4.69, 9.17) is 4.74 Å². The minimum atomic E-state index is -0.682. The van der Waals surface area contributed by atoms with E-state index in [0.29, 0.717) is 18.7 Å². The topological polar surface area (TPSA) is 32.7 Å². The average molecular weight is 343 g/mol. The van der Waals surface area contributed by atoms with Crippen molar-refractivity contribution in [3.8, 4) is 5.75 Å². The molecule has 0 aliphatic carbocycles. The molecule has 1 aliphatic heterocycles. The van der Waals surface area contributed by atoms with Crippen LogP contribution in [-0.4, -0.2) is 35.8 Å². The van der Waals surface area contributed by atoms with Gasteiger partial charge in [0.15, 0.2) is 0 Å². The number of piperidine rings is 1. The predicted molar refractivity (Wildman–Crippen MR) is 97.1 cm³/mol. The van der Waals surface area contributed by atoms with E-state index in [1.54, 1.807) is 13.2 Å². The zero-order valence-corrected chi connectivity index (χ0v) is 14.9. The number of nitrogens with zero attached hydrogens (tertiary/aromatic N) is 1. The fourth-order valence-corrected chi connectivity index (χ4v) is 3.63. The Morgan fingerprint density at radius 2 is 2.00 bits per heavy atom. The number of benzene rings is 2. The molecule has 4 heteroatoms. The summed E-state index contributed by atoms with van der Waals surface area (Å²) in [6.45, 7) is 4.13. The molecular formula is C21H26FNO2. The normalized spacial score (nSPS) is 24.2. The maximum atomic E-state index is 13.6. The molecule has 1 fully saturated rings. The highest BCUT2D eigenvalue weighted by molar-refractivity contribution is 5.34. The third kappa shape index (κ3) is 4.39. The maximum absolute atomic E-state index is 13.6. The van der Waals surface area contributed by atoms with E-state index in [1.807, 2.05) is 25.1 Å². The SMILES string of the molecule is COc1ccc(F)cc1CN1CC[C@](C)(O)[C@H](Cc2ccccc2)C1. The third-order valence-corrected chi connectivity index (χ3v) is 5.25. The Morgan fingerprint density at radius 3 is 2.72 bits per heavy atom. The van der Waals surface area contributed by atoms with E-state index in [2.05, 4.69) is 17.0 Å². The number of hydrogen-bond acceptors (Lipinski definition) is 3. The molecule has 0 amide bonds. The van der Waals surface area contributed by atoms with Gasteiger partial charge in [0.2, 0.25) is 0 Å². The van der Waals surface area contributed by atoms with Gasteiger partial charge in [-0.15, -0.1) is 0 Å². The Bertz CT molecular complexity index is 702. The lowest BCUT2D eigenvalue weighted by atomic mass is 9.78. The summed E-state index contributed by atoms with van der Waals surface area (Å²) in [6.07, 6.45) is 1.55. The van der Waals surface area contributed by atoms with Crippen molar-refractivity contribution in [1.82, 2.24) is 4.90 Å². The van der Waals surface area contributed by atoms with Crippen LogP contribution in [0.2, 0.25) is 0 Å². The molecule has 3 rings (SSSR count). The van der Waals surface area contributed by atoms with Gasteiger partial charge < -0.3 is 9.84 Å². The standard InChI is InChI=1S/C21H26FNO2/c1-21(24)10-11-23(14-17-13-19(22)8-9-20(17)25-2)15-18(21)12-16-6-4-3-5-7-16/h3-9,13,18,24H,10-12,14-15H2,1-2H3/t18-,21+/m1/s1. The Kier molecular flexibility index (Phi) is 5.40. The molecule has 1 saturated heterocycles. The van der Waals surface area contributed by atoms with Gasteiger partial charge in [-0.25, -0.2) is 4.39 Å². The first-order valence-corrected chi connectivity index (χ1v) is 8.79. The van der Waals surface area contributed by atoms with Crippen molar-refractivity contribution >= 4 is 0 Å². The molecule has 25 heavy (non-hydrogen) atoms. The first-order chi connectivity index (χ1) is 12.0. The molecule has 2 atom stereocenters. The zero-order valence-electron chi connectivity index (χ0n) is 14.9. The summed E-state index contributed by atoms with van der Waals surface area (Å²) < 4.78 is 19.0. The number of likely N-dealkylation sites (tertiary alicyclic amines) is 1.